The molecule has 144 valence electrons. The number of aryl methyl sites for hydroxylation is 1. The second-order valence-corrected chi connectivity index (χ2v) is 7.69. The molecule has 1 heterocycles. The maximum Gasteiger partial charge on any atom is 0.242 e. The number of carbonyl (C=O) groups is 1. The van der Waals surface area contributed by atoms with Crippen molar-refractivity contribution in [2.75, 3.05) is 33.7 Å². The van der Waals surface area contributed by atoms with Crippen LogP contribution in [0.2, 0.25) is 0 Å². The van der Waals surface area contributed by atoms with E-state index in [4.69, 9.17) is 0 Å². The van der Waals surface area contributed by atoms with Gasteiger partial charge in [-0.05, 0) is 58.1 Å². The van der Waals surface area contributed by atoms with E-state index >= 15 is 0 Å². The highest BCUT2D eigenvalue weighted by Gasteiger charge is 2.27. The Bertz CT molecular complexity index is 721. The lowest BCUT2D eigenvalue weighted by molar-refractivity contribution is -0.126. The third-order valence-electron chi connectivity index (χ3n) is 5.39. The molecule has 0 aliphatic carbocycles. The van der Waals surface area contributed by atoms with Gasteiger partial charge in [-0.2, -0.15) is 0 Å². The van der Waals surface area contributed by atoms with E-state index in [0.29, 0.717) is 6.54 Å². The Balaban J connectivity index is 1.73. The average molecular weight is 366 g/mol. The predicted molar refractivity (Wildman–Crippen MR) is 111 cm³/mol. The normalized spacial score (nSPS) is 17.0. The SMILES string of the molecule is Cc1ccc(C(CNC(=O)C(c2ccccc2)N(C)C)N2CCCC2)cc1. The minimum Gasteiger partial charge on any atom is -0.353 e. The minimum atomic E-state index is -0.275. The summed E-state index contributed by atoms with van der Waals surface area (Å²) in [6.45, 7) is 4.95. The summed E-state index contributed by atoms with van der Waals surface area (Å²) in [5.74, 6) is 0.0579. The molecule has 1 amide bonds. The number of nitrogens with one attached hydrogen (secondary N) is 1. The lowest BCUT2D eigenvalue weighted by Crippen LogP contribution is -2.41. The molecule has 2 unspecified atom stereocenters. The van der Waals surface area contributed by atoms with Gasteiger partial charge in [0.25, 0.3) is 0 Å². The zero-order valence-electron chi connectivity index (χ0n) is 16.7. The maximum atomic E-state index is 13.0. The monoisotopic (exact) mass is 365 g/mol. The zero-order valence-corrected chi connectivity index (χ0v) is 16.7. The fraction of sp³-hybridized carbons (Fsp3) is 0.435. The Morgan fingerprint density at radius 3 is 2.22 bits per heavy atom. The zero-order chi connectivity index (χ0) is 19.2. The second kappa shape index (κ2) is 9.16. The van der Waals surface area contributed by atoms with Crippen molar-refractivity contribution in [1.82, 2.24) is 15.1 Å². The molecule has 1 aliphatic rings. The van der Waals surface area contributed by atoms with Gasteiger partial charge in [-0.25, -0.2) is 0 Å². The highest BCUT2D eigenvalue weighted by molar-refractivity contribution is 5.83. The van der Waals surface area contributed by atoms with Crippen LogP contribution in [0.4, 0.5) is 0 Å². The van der Waals surface area contributed by atoms with Crippen LogP contribution in [0.3, 0.4) is 0 Å². The number of hydrogen-bond donors (Lipinski definition) is 1. The molecule has 0 bridgehead atoms. The molecule has 1 N–H and O–H groups in total. The largest absolute Gasteiger partial charge is 0.353 e. The van der Waals surface area contributed by atoms with Crippen LogP contribution in [0, 0.1) is 6.92 Å². The van der Waals surface area contributed by atoms with E-state index < -0.39 is 0 Å². The molecule has 27 heavy (non-hydrogen) atoms. The molecule has 0 saturated carbocycles. The number of carbonyl (C=O) groups excluding carboxylic acids is 1. The topological polar surface area (TPSA) is 35.6 Å². The van der Waals surface area contributed by atoms with Crippen molar-refractivity contribution in [2.45, 2.75) is 31.8 Å². The van der Waals surface area contributed by atoms with Crippen molar-refractivity contribution in [1.29, 1.82) is 0 Å². The van der Waals surface area contributed by atoms with E-state index in [-0.39, 0.29) is 18.0 Å². The first-order valence-corrected chi connectivity index (χ1v) is 9.86. The molecule has 0 radical (unpaired) electrons. The molecule has 4 heteroatoms. The summed E-state index contributed by atoms with van der Waals surface area (Å²) in [5, 5.41) is 3.23. The van der Waals surface area contributed by atoms with Gasteiger partial charge >= 0.3 is 0 Å². The summed E-state index contributed by atoms with van der Waals surface area (Å²) >= 11 is 0. The molecule has 4 nitrogen and oxygen atoms in total. The fourth-order valence-electron chi connectivity index (χ4n) is 3.91. The van der Waals surface area contributed by atoms with Crippen molar-refractivity contribution < 1.29 is 4.79 Å². The number of nitrogens with zero attached hydrogens (tertiary/aromatic N) is 2. The summed E-state index contributed by atoms with van der Waals surface area (Å²) in [4.78, 5) is 17.5. The molecule has 1 aliphatic heterocycles. The van der Waals surface area contributed by atoms with Crippen molar-refractivity contribution in [2.24, 2.45) is 0 Å². The van der Waals surface area contributed by atoms with Crippen molar-refractivity contribution in [3.05, 3.63) is 71.3 Å². The van der Waals surface area contributed by atoms with Crippen LogP contribution in [0.1, 0.15) is 41.6 Å². The first-order chi connectivity index (χ1) is 13.1. The molecular weight excluding hydrogens is 334 g/mol. The molecule has 3 rings (SSSR count). The van der Waals surface area contributed by atoms with Crippen LogP contribution >= 0.6 is 0 Å². The maximum absolute atomic E-state index is 13.0. The van der Waals surface area contributed by atoms with Gasteiger partial charge in [-0.15, -0.1) is 0 Å². The van der Waals surface area contributed by atoms with E-state index in [1.807, 2.05) is 49.3 Å². The van der Waals surface area contributed by atoms with Crippen LogP contribution in [-0.2, 0) is 4.79 Å². The molecule has 2 aromatic rings. The number of rotatable bonds is 7. The minimum absolute atomic E-state index is 0.0579. The predicted octanol–water partition coefficient (Wildman–Crippen LogP) is 3.55. The first-order valence-electron chi connectivity index (χ1n) is 9.86. The van der Waals surface area contributed by atoms with Crippen molar-refractivity contribution in [3.8, 4) is 0 Å². The first kappa shape index (κ1) is 19.6. The van der Waals surface area contributed by atoms with E-state index in [9.17, 15) is 4.79 Å². The van der Waals surface area contributed by atoms with Gasteiger partial charge in [0.2, 0.25) is 5.91 Å². The van der Waals surface area contributed by atoms with Gasteiger partial charge in [0.15, 0.2) is 0 Å². The standard InChI is InChI=1S/C23H31N3O/c1-18-11-13-19(14-12-18)21(26-15-7-8-16-26)17-24-23(27)22(25(2)3)20-9-5-4-6-10-20/h4-6,9-14,21-22H,7-8,15-17H2,1-3H3,(H,24,27). The van der Waals surface area contributed by atoms with E-state index in [1.54, 1.807) is 0 Å². The Kier molecular flexibility index (Phi) is 6.64. The van der Waals surface area contributed by atoms with E-state index in [1.165, 1.54) is 24.0 Å². The lowest BCUT2D eigenvalue weighted by Gasteiger charge is -2.30. The smallest absolute Gasteiger partial charge is 0.242 e. The molecule has 2 aromatic carbocycles. The number of likely N-dealkylation sites (N-methyl/N-ethyl adjacent to an activating group) is 1. The van der Waals surface area contributed by atoms with Gasteiger partial charge in [-0.3, -0.25) is 14.6 Å². The van der Waals surface area contributed by atoms with Gasteiger partial charge in [0.05, 0.1) is 6.04 Å². The average Bonchev–Trinajstić information content (AvgIpc) is 3.18. The Morgan fingerprint density at radius 1 is 1.00 bits per heavy atom. The third-order valence-corrected chi connectivity index (χ3v) is 5.39. The van der Waals surface area contributed by atoms with E-state index in [0.717, 1.165) is 18.7 Å². The summed E-state index contributed by atoms with van der Waals surface area (Å²) in [5.41, 5.74) is 3.57. The van der Waals surface area contributed by atoms with Gasteiger partial charge < -0.3 is 5.32 Å². The van der Waals surface area contributed by atoms with Crippen molar-refractivity contribution in [3.63, 3.8) is 0 Å². The quantitative estimate of drug-likeness (QED) is 0.815. The second-order valence-electron chi connectivity index (χ2n) is 7.69. The van der Waals surface area contributed by atoms with Gasteiger partial charge in [0, 0.05) is 6.54 Å². The molecule has 0 aromatic heterocycles. The summed E-state index contributed by atoms with van der Waals surface area (Å²) < 4.78 is 0. The van der Waals surface area contributed by atoms with Gasteiger partial charge in [-0.1, -0.05) is 60.2 Å². The number of amides is 1. The Labute approximate surface area is 163 Å². The van der Waals surface area contributed by atoms with Crippen molar-refractivity contribution >= 4 is 5.91 Å². The number of likely N-dealkylation sites (tertiary alicyclic amines) is 1. The highest BCUT2D eigenvalue weighted by atomic mass is 16.2. The molecule has 1 saturated heterocycles. The van der Waals surface area contributed by atoms with Crippen LogP contribution in [0.15, 0.2) is 54.6 Å². The number of hydrogen-bond acceptors (Lipinski definition) is 3. The van der Waals surface area contributed by atoms with Crippen LogP contribution in [0.25, 0.3) is 0 Å². The number of benzene rings is 2. The lowest BCUT2D eigenvalue weighted by atomic mass is 10.0. The third kappa shape index (κ3) is 4.96. The van der Waals surface area contributed by atoms with Crippen LogP contribution < -0.4 is 5.32 Å². The molecule has 0 spiro atoms. The molecular formula is C23H31N3O. The summed E-state index contributed by atoms with van der Waals surface area (Å²) in [6, 6.07) is 18.7. The summed E-state index contributed by atoms with van der Waals surface area (Å²) in [7, 11) is 3.91. The fourth-order valence-corrected chi connectivity index (χ4v) is 3.91. The molecule has 1 fully saturated rings. The van der Waals surface area contributed by atoms with Gasteiger partial charge in [0.1, 0.15) is 6.04 Å². The van der Waals surface area contributed by atoms with Crippen LogP contribution in [0.5, 0.6) is 0 Å². The summed E-state index contributed by atoms with van der Waals surface area (Å²) in [6.07, 6.45) is 2.47. The van der Waals surface area contributed by atoms with Crippen LogP contribution in [-0.4, -0.2) is 49.4 Å². The Hall–Kier alpha value is -2.17. The molecule has 2 atom stereocenters. The Morgan fingerprint density at radius 2 is 1.63 bits per heavy atom. The van der Waals surface area contributed by atoms with E-state index in [2.05, 4.69) is 41.4 Å². The highest BCUT2D eigenvalue weighted by Crippen LogP contribution is 2.25.